The molecule has 0 aliphatic rings. The Morgan fingerprint density at radius 2 is 1.89 bits per heavy atom. The van der Waals surface area contributed by atoms with Gasteiger partial charge in [-0.2, -0.15) is 0 Å². The zero-order valence-electron chi connectivity index (χ0n) is 12.3. The van der Waals surface area contributed by atoms with Gasteiger partial charge < -0.3 is 14.8 Å². The van der Waals surface area contributed by atoms with Gasteiger partial charge in [0.05, 0.1) is 12.7 Å². The van der Waals surface area contributed by atoms with Gasteiger partial charge in [-0.3, -0.25) is 0 Å². The van der Waals surface area contributed by atoms with Crippen LogP contribution in [-0.4, -0.2) is 19.8 Å². The Morgan fingerprint density at radius 3 is 2.39 bits per heavy atom. The van der Waals surface area contributed by atoms with Gasteiger partial charge in [-0.05, 0) is 46.4 Å². The maximum atomic E-state index is 6.13. The van der Waals surface area contributed by atoms with E-state index in [-0.39, 0.29) is 11.6 Å². The van der Waals surface area contributed by atoms with Crippen molar-refractivity contribution in [3.8, 4) is 11.5 Å². The highest BCUT2D eigenvalue weighted by atomic mass is 16.5. The standard InChI is InChI=1S/C15H25NO2/c1-7-15(3,4)18-13-10-8-9-12(17-6)14(13)11(2)16-5/h8-11,16H,7H2,1-6H3. The van der Waals surface area contributed by atoms with Crippen LogP contribution in [0, 0.1) is 0 Å². The van der Waals surface area contributed by atoms with Gasteiger partial charge in [0.25, 0.3) is 0 Å². The van der Waals surface area contributed by atoms with Crippen molar-refractivity contribution in [3.05, 3.63) is 23.8 Å². The highest BCUT2D eigenvalue weighted by molar-refractivity contribution is 5.47. The van der Waals surface area contributed by atoms with E-state index in [0.717, 1.165) is 23.5 Å². The van der Waals surface area contributed by atoms with Crippen molar-refractivity contribution in [1.82, 2.24) is 5.32 Å². The van der Waals surface area contributed by atoms with Crippen molar-refractivity contribution >= 4 is 0 Å². The highest BCUT2D eigenvalue weighted by Gasteiger charge is 2.22. The first kappa shape index (κ1) is 14.8. The molecule has 0 amide bonds. The molecule has 1 unspecified atom stereocenters. The molecule has 0 saturated carbocycles. The third-order valence-electron chi connectivity index (χ3n) is 3.35. The minimum atomic E-state index is -0.172. The molecular formula is C15H25NO2. The number of methoxy groups -OCH3 is 1. The van der Waals surface area contributed by atoms with Gasteiger partial charge in [-0.15, -0.1) is 0 Å². The monoisotopic (exact) mass is 251 g/mol. The van der Waals surface area contributed by atoms with Crippen LogP contribution in [0.5, 0.6) is 11.5 Å². The molecule has 0 saturated heterocycles. The number of hydrogen-bond donors (Lipinski definition) is 1. The van der Waals surface area contributed by atoms with Crippen LogP contribution >= 0.6 is 0 Å². The summed E-state index contributed by atoms with van der Waals surface area (Å²) < 4.78 is 11.6. The number of benzene rings is 1. The molecule has 0 aromatic heterocycles. The van der Waals surface area contributed by atoms with E-state index in [1.807, 2.05) is 25.2 Å². The van der Waals surface area contributed by atoms with Gasteiger partial charge in [-0.1, -0.05) is 13.0 Å². The molecule has 1 aromatic rings. The second-order valence-corrected chi connectivity index (χ2v) is 5.10. The fourth-order valence-electron chi connectivity index (χ4n) is 1.73. The SMILES string of the molecule is CCC(C)(C)Oc1cccc(OC)c1C(C)NC. The van der Waals surface area contributed by atoms with Crippen LogP contribution in [0.3, 0.4) is 0 Å². The van der Waals surface area contributed by atoms with Crippen LogP contribution in [0.1, 0.15) is 45.7 Å². The summed E-state index contributed by atoms with van der Waals surface area (Å²) in [6.07, 6.45) is 0.956. The molecule has 0 bridgehead atoms. The van der Waals surface area contributed by atoms with Gasteiger partial charge >= 0.3 is 0 Å². The van der Waals surface area contributed by atoms with E-state index >= 15 is 0 Å². The molecule has 0 radical (unpaired) electrons. The summed E-state index contributed by atoms with van der Waals surface area (Å²) in [5, 5.41) is 3.24. The maximum absolute atomic E-state index is 6.13. The number of hydrogen-bond acceptors (Lipinski definition) is 3. The molecule has 1 rings (SSSR count). The topological polar surface area (TPSA) is 30.5 Å². The van der Waals surface area contributed by atoms with Crippen LogP contribution in [0.25, 0.3) is 0 Å². The molecular weight excluding hydrogens is 226 g/mol. The average Bonchev–Trinajstić information content (AvgIpc) is 2.37. The molecule has 3 nitrogen and oxygen atoms in total. The van der Waals surface area contributed by atoms with Gasteiger partial charge in [0.1, 0.15) is 17.1 Å². The largest absolute Gasteiger partial charge is 0.496 e. The first-order valence-electron chi connectivity index (χ1n) is 6.48. The molecule has 0 spiro atoms. The molecule has 0 aliphatic carbocycles. The van der Waals surface area contributed by atoms with Crippen LogP contribution in [-0.2, 0) is 0 Å². The van der Waals surface area contributed by atoms with Gasteiger partial charge in [0, 0.05) is 6.04 Å². The van der Waals surface area contributed by atoms with Gasteiger partial charge in [-0.25, -0.2) is 0 Å². The molecule has 0 fully saturated rings. The highest BCUT2D eigenvalue weighted by Crippen LogP contribution is 2.36. The number of ether oxygens (including phenoxy) is 2. The van der Waals surface area contributed by atoms with Crippen molar-refractivity contribution in [1.29, 1.82) is 0 Å². The van der Waals surface area contributed by atoms with E-state index < -0.39 is 0 Å². The second-order valence-electron chi connectivity index (χ2n) is 5.10. The lowest BCUT2D eigenvalue weighted by molar-refractivity contribution is 0.103. The summed E-state index contributed by atoms with van der Waals surface area (Å²) in [6, 6.07) is 6.12. The Hall–Kier alpha value is -1.22. The minimum absolute atomic E-state index is 0.172. The number of nitrogens with one attached hydrogen (secondary N) is 1. The summed E-state index contributed by atoms with van der Waals surface area (Å²) in [5.74, 6) is 1.75. The van der Waals surface area contributed by atoms with Gasteiger partial charge in [0.2, 0.25) is 0 Å². The van der Waals surface area contributed by atoms with E-state index in [1.165, 1.54) is 0 Å². The van der Waals surface area contributed by atoms with Crippen molar-refractivity contribution in [2.45, 2.75) is 45.8 Å². The van der Waals surface area contributed by atoms with Crippen LogP contribution in [0.15, 0.2) is 18.2 Å². The summed E-state index contributed by atoms with van der Waals surface area (Å²) >= 11 is 0. The van der Waals surface area contributed by atoms with Crippen molar-refractivity contribution in [3.63, 3.8) is 0 Å². The zero-order valence-corrected chi connectivity index (χ0v) is 12.3. The van der Waals surface area contributed by atoms with E-state index in [2.05, 4.69) is 33.0 Å². The Labute approximate surface area is 110 Å². The first-order valence-corrected chi connectivity index (χ1v) is 6.48. The Balaban J connectivity index is 3.18. The molecule has 1 atom stereocenters. The van der Waals surface area contributed by atoms with Crippen LogP contribution < -0.4 is 14.8 Å². The predicted molar refractivity (Wildman–Crippen MR) is 75.5 cm³/mol. The summed E-state index contributed by atoms with van der Waals surface area (Å²) in [4.78, 5) is 0. The average molecular weight is 251 g/mol. The molecule has 18 heavy (non-hydrogen) atoms. The number of rotatable bonds is 6. The summed E-state index contributed by atoms with van der Waals surface area (Å²) in [7, 11) is 3.63. The van der Waals surface area contributed by atoms with Gasteiger partial charge in [0.15, 0.2) is 0 Å². The van der Waals surface area contributed by atoms with Crippen molar-refractivity contribution in [2.24, 2.45) is 0 Å². The fourth-order valence-corrected chi connectivity index (χ4v) is 1.73. The van der Waals surface area contributed by atoms with E-state index in [1.54, 1.807) is 7.11 Å². The Kier molecular flexibility index (Phi) is 5.03. The molecule has 1 N–H and O–H groups in total. The fraction of sp³-hybridized carbons (Fsp3) is 0.600. The Bertz CT molecular complexity index is 388. The lowest BCUT2D eigenvalue weighted by Crippen LogP contribution is -2.28. The third kappa shape index (κ3) is 3.39. The summed E-state index contributed by atoms with van der Waals surface area (Å²) in [6.45, 7) is 8.42. The summed E-state index contributed by atoms with van der Waals surface area (Å²) in [5.41, 5.74) is 0.901. The van der Waals surface area contributed by atoms with E-state index in [0.29, 0.717) is 0 Å². The third-order valence-corrected chi connectivity index (χ3v) is 3.35. The normalized spacial score (nSPS) is 13.2. The van der Waals surface area contributed by atoms with Crippen LogP contribution in [0.4, 0.5) is 0 Å². The van der Waals surface area contributed by atoms with E-state index in [4.69, 9.17) is 9.47 Å². The quantitative estimate of drug-likeness (QED) is 0.838. The van der Waals surface area contributed by atoms with Crippen molar-refractivity contribution < 1.29 is 9.47 Å². The molecule has 0 heterocycles. The second kappa shape index (κ2) is 6.10. The van der Waals surface area contributed by atoms with Crippen LogP contribution in [0.2, 0.25) is 0 Å². The smallest absolute Gasteiger partial charge is 0.128 e. The Morgan fingerprint density at radius 1 is 1.28 bits per heavy atom. The van der Waals surface area contributed by atoms with E-state index in [9.17, 15) is 0 Å². The lowest BCUT2D eigenvalue weighted by atomic mass is 10.0. The lowest BCUT2D eigenvalue weighted by Gasteiger charge is -2.28. The maximum Gasteiger partial charge on any atom is 0.128 e. The molecule has 1 aromatic carbocycles. The van der Waals surface area contributed by atoms with Crippen molar-refractivity contribution in [2.75, 3.05) is 14.2 Å². The predicted octanol–water partition coefficient (Wildman–Crippen LogP) is 3.54. The molecule has 102 valence electrons. The minimum Gasteiger partial charge on any atom is -0.496 e. The first-order chi connectivity index (χ1) is 8.45. The molecule has 3 heteroatoms. The molecule has 0 aliphatic heterocycles. The zero-order chi connectivity index (χ0) is 13.8.